The van der Waals surface area contributed by atoms with Crippen LogP contribution in [0, 0.1) is 0 Å². The minimum atomic E-state index is -2.97. The van der Waals surface area contributed by atoms with E-state index in [2.05, 4.69) is 34.9 Å². The molecule has 0 saturated heterocycles. The molecule has 0 saturated carbocycles. The number of nitrogens with zero attached hydrogens (tertiary/aromatic N) is 1. The zero-order chi connectivity index (χ0) is 20.4. The van der Waals surface area contributed by atoms with E-state index in [1.165, 1.54) is 17.4 Å². The van der Waals surface area contributed by atoms with E-state index in [0.29, 0.717) is 18.9 Å². The van der Waals surface area contributed by atoms with E-state index in [4.69, 9.17) is 4.99 Å². The second-order valence-corrected chi connectivity index (χ2v) is 9.32. The quantitative estimate of drug-likeness (QED) is 0.295. The lowest BCUT2D eigenvalue weighted by molar-refractivity contribution is 0.581. The minimum Gasteiger partial charge on any atom is -0.357 e. The van der Waals surface area contributed by atoms with Gasteiger partial charge in [0, 0.05) is 24.8 Å². The fourth-order valence-corrected chi connectivity index (χ4v) is 3.75. The molecule has 0 radical (unpaired) electrons. The van der Waals surface area contributed by atoms with Gasteiger partial charge in [0.05, 0.1) is 12.3 Å². The van der Waals surface area contributed by atoms with Crippen LogP contribution in [0.1, 0.15) is 37.3 Å². The highest BCUT2D eigenvalue weighted by Crippen LogP contribution is 2.24. The lowest BCUT2D eigenvalue weighted by Crippen LogP contribution is -2.43. The lowest BCUT2D eigenvalue weighted by Gasteiger charge is -2.20. The maximum atomic E-state index is 11.4. The van der Waals surface area contributed by atoms with Crippen LogP contribution in [-0.2, 0) is 9.84 Å². The Hall–Kier alpha value is -1.61. The first-order chi connectivity index (χ1) is 13.4. The van der Waals surface area contributed by atoms with E-state index in [0.717, 1.165) is 6.54 Å². The summed E-state index contributed by atoms with van der Waals surface area (Å²) in [5.41, 5.74) is 2.44. The molecule has 0 aliphatic rings. The Balaban J connectivity index is 0.00000420. The van der Waals surface area contributed by atoms with Crippen LogP contribution in [0.15, 0.2) is 65.7 Å². The molecular weight excluding hydrogens is 497 g/mol. The SMILES string of the molecule is CCNC(=NCC(c1ccccc1)c1ccccc1)NC(C)CCS(C)(=O)=O.I. The van der Waals surface area contributed by atoms with Crippen molar-refractivity contribution in [3.8, 4) is 0 Å². The van der Waals surface area contributed by atoms with Crippen molar-refractivity contribution in [3.05, 3.63) is 71.8 Å². The third-order valence-corrected chi connectivity index (χ3v) is 5.46. The van der Waals surface area contributed by atoms with Gasteiger partial charge in [0.2, 0.25) is 0 Å². The van der Waals surface area contributed by atoms with Crippen LogP contribution in [0.25, 0.3) is 0 Å². The van der Waals surface area contributed by atoms with Crippen molar-refractivity contribution in [1.82, 2.24) is 10.6 Å². The van der Waals surface area contributed by atoms with Gasteiger partial charge >= 0.3 is 0 Å². The van der Waals surface area contributed by atoms with Crippen molar-refractivity contribution in [2.24, 2.45) is 4.99 Å². The minimum absolute atomic E-state index is 0. The first kappa shape index (κ1) is 25.4. The summed E-state index contributed by atoms with van der Waals surface area (Å²) in [7, 11) is -2.97. The average Bonchev–Trinajstić information content (AvgIpc) is 2.68. The zero-order valence-corrected chi connectivity index (χ0v) is 20.5. The molecule has 1 unspecified atom stereocenters. The number of aliphatic imine (C=N–C) groups is 1. The Labute approximate surface area is 192 Å². The lowest BCUT2D eigenvalue weighted by atomic mass is 9.91. The van der Waals surface area contributed by atoms with E-state index in [1.54, 1.807) is 0 Å². The monoisotopic (exact) mass is 529 g/mol. The molecule has 7 heteroatoms. The molecule has 1 atom stereocenters. The number of halogens is 1. The van der Waals surface area contributed by atoms with Gasteiger partial charge in [-0.25, -0.2) is 8.42 Å². The van der Waals surface area contributed by atoms with Crippen LogP contribution >= 0.6 is 24.0 Å². The van der Waals surface area contributed by atoms with Gasteiger partial charge < -0.3 is 10.6 Å². The molecule has 2 aromatic carbocycles. The first-order valence-corrected chi connectivity index (χ1v) is 11.8. The Morgan fingerprint density at radius 3 is 1.97 bits per heavy atom. The van der Waals surface area contributed by atoms with Gasteiger partial charge in [-0.3, -0.25) is 4.99 Å². The van der Waals surface area contributed by atoms with Crippen LogP contribution in [0.3, 0.4) is 0 Å². The van der Waals surface area contributed by atoms with E-state index in [1.807, 2.05) is 50.2 Å². The molecular formula is C22H32IN3O2S. The largest absolute Gasteiger partial charge is 0.357 e. The molecule has 0 aromatic heterocycles. The summed E-state index contributed by atoms with van der Waals surface area (Å²) >= 11 is 0. The van der Waals surface area contributed by atoms with E-state index in [-0.39, 0.29) is 41.7 Å². The van der Waals surface area contributed by atoms with Gasteiger partial charge in [-0.15, -0.1) is 24.0 Å². The molecule has 5 nitrogen and oxygen atoms in total. The van der Waals surface area contributed by atoms with Gasteiger partial charge in [0.25, 0.3) is 0 Å². The second-order valence-electron chi connectivity index (χ2n) is 7.06. The first-order valence-electron chi connectivity index (χ1n) is 9.71. The summed E-state index contributed by atoms with van der Waals surface area (Å²) in [4.78, 5) is 4.80. The smallest absolute Gasteiger partial charge is 0.191 e. The van der Waals surface area contributed by atoms with Crippen molar-refractivity contribution in [1.29, 1.82) is 0 Å². The standard InChI is InChI=1S/C22H31N3O2S.HI/c1-4-23-22(25-18(2)15-16-28(3,26)27)24-17-21(19-11-7-5-8-12-19)20-13-9-6-10-14-20;/h5-14,18,21H,4,15-17H2,1-3H3,(H2,23,24,25);1H. The molecule has 0 aliphatic carbocycles. The molecule has 0 aliphatic heterocycles. The third-order valence-electron chi connectivity index (χ3n) is 4.48. The Kier molecular flexibility index (Phi) is 11.3. The fourth-order valence-electron chi connectivity index (χ4n) is 2.97. The van der Waals surface area contributed by atoms with Gasteiger partial charge in [-0.1, -0.05) is 60.7 Å². The zero-order valence-electron chi connectivity index (χ0n) is 17.3. The molecule has 0 fully saturated rings. The number of hydrogen-bond donors (Lipinski definition) is 2. The summed E-state index contributed by atoms with van der Waals surface area (Å²) in [6.45, 7) is 5.34. The van der Waals surface area contributed by atoms with Crippen molar-refractivity contribution in [2.45, 2.75) is 32.2 Å². The van der Waals surface area contributed by atoms with Crippen molar-refractivity contribution in [2.75, 3.05) is 25.1 Å². The molecule has 0 bridgehead atoms. The molecule has 0 spiro atoms. The van der Waals surface area contributed by atoms with Gasteiger partial charge in [0.1, 0.15) is 9.84 Å². The summed E-state index contributed by atoms with van der Waals surface area (Å²) in [5, 5.41) is 6.58. The number of hydrogen-bond acceptors (Lipinski definition) is 3. The highest BCUT2D eigenvalue weighted by Gasteiger charge is 2.15. The van der Waals surface area contributed by atoms with E-state index >= 15 is 0 Å². The van der Waals surface area contributed by atoms with Gasteiger partial charge in [0.15, 0.2) is 5.96 Å². The van der Waals surface area contributed by atoms with Crippen LogP contribution in [-0.4, -0.2) is 45.5 Å². The molecule has 2 aromatic rings. The van der Waals surface area contributed by atoms with Crippen LogP contribution in [0.2, 0.25) is 0 Å². The summed E-state index contributed by atoms with van der Waals surface area (Å²) in [6.07, 6.45) is 1.81. The number of guanidine groups is 1. The number of nitrogens with one attached hydrogen (secondary N) is 2. The van der Waals surface area contributed by atoms with Crippen molar-refractivity contribution >= 4 is 39.8 Å². The normalized spacial score (nSPS) is 12.9. The molecule has 2 rings (SSSR count). The summed E-state index contributed by atoms with van der Waals surface area (Å²) in [5.74, 6) is 1.03. The highest BCUT2D eigenvalue weighted by atomic mass is 127. The van der Waals surface area contributed by atoms with E-state index in [9.17, 15) is 8.42 Å². The molecule has 29 heavy (non-hydrogen) atoms. The Bertz CT molecular complexity index is 803. The van der Waals surface area contributed by atoms with Crippen LogP contribution < -0.4 is 10.6 Å². The number of sulfone groups is 1. The Morgan fingerprint density at radius 2 is 1.52 bits per heavy atom. The average molecular weight is 529 g/mol. The Morgan fingerprint density at radius 1 is 1.00 bits per heavy atom. The van der Waals surface area contributed by atoms with Crippen LogP contribution in [0.5, 0.6) is 0 Å². The second kappa shape index (κ2) is 12.8. The van der Waals surface area contributed by atoms with Crippen molar-refractivity contribution < 1.29 is 8.42 Å². The fraction of sp³-hybridized carbons (Fsp3) is 0.409. The van der Waals surface area contributed by atoms with Crippen molar-refractivity contribution in [3.63, 3.8) is 0 Å². The number of rotatable bonds is 9. The predicted octanol–water partition coefficient (Wildman–Crippen LogP) is 3.81. The maximum absolute atomic E-state index is 11.4. The maximum Gasteiger partial charge on any atom is 0.191 e. The molecule has 160 valence electrons. The highest BCUT2D eigenvalue weighted by molar-refractivity contribution is 14.0. The molecule has 0 amide bonds. The van der Waals surface area contributed by atoms with Gasteiger partial charge in [-0.2, -0.15) is 0 Å². The third kappa shape index (κ3) is 9.62. The van der Waals surface area contributed by atoms with E-state index < -0.39 is 9.84 Å². The molecule has 0 heterocycles. The number of benzene rings is 2. The molecule has 2 N–H and O–H groups in total. The van der Waals surface area contributed by atoms with Crippen LogP contribution in [0.4, 0.5) is 0 Å². The van der Waals surface area contributed by atoms with Gasteiger partial charge in [-0.05, 0) is 31.4 Å². The predicted molar refractivity (Wildman–Crippen MR) is 133 cm³/mol. The summed E-state index contributed by atoms with van der Waals surface area (Å²) < 4.78 is 22.8. The topological polar surface area (TPSA) is 70.6 Å². The summed E-state index contributed by atoms with van der Waals surface area (Å²) in [6, 6.07) is 20.7.